The van der Waals surface area contributed by atoms with E-state index in [1.54, 1.807) is 6.07 Å². The highest BCUT2D eigenvalue weighted by molar-refractivity contribution is 9.10. The normalized spacial score (nSPS) is 20.6. The van der Waals surface area contributed by atoms with Crippen LogP contribution < -0.4 is 5.32 Å². The summed E-state index contributed by atoms with van der Waals surface area (Å²) < 4.78 is 0.972. The molecule has 132 valence electrons. The predicted octanol–water partition coefficient (Wildman–Crippen LogP) is 4.79. The minimum absolute atomic E-state index is 0. The average molecular weight is 447 g/mol. The van der Waals surface area contributed by atoms with E-state index in [9.17, 15) is 5.11 Å². The van der Waals surface area contributed by atoms with Crippen molar-refractivity contribution >= 4 is 52.3 Å². The minimum atomic E-state index is 0. The van der Waals surface area contributed by atoms with Gasteiger partial charge in [-0.15, -0.1) is 24.8 Å². The van der Waals surface area contributed by atoms with Gasteiger partial charge in [0, 0.05) is 42.3 Å². The molecule has 2 N–H and O–H groups in total. The predicted molar refractivity (Wildman–Crippen MR) is 104 cm³/mol. The molecule has 23 heavy (non-hydrogen) atoms. The Morgan fingerprint density at radius 3 is 2.39 bits per heavy atom. The fourth-order valence-corrected chi connectivity index (χ4v) is 4.51. The number of nitrogens with zero attached hydrogens (tertiary/aromatic N) is 1. The van der Waals surface area contributed by atoms with Crippen LogP contribution in [0.4, 0.5) is 0 Å². The topological polar surface area (TPSA) is 35.5 Å². The zero-order chi connectivity index (χ0) is 14.8. The standard InChI is InChI=1S/C16H22BrClN2O.2ClH/c17-12-5-6-13(18)16(21)14(12)15(11-3-1-2-4-11)20-9-7-19-8-10-20;;/h5-6,11,15,19,21H,1-4,7-10H2;2*1H/t15-;;/m1../s1. The summed E-state index contributed by atoms with van der Waals surface area (Å²) in [5, 5.41) is 14.4. The van der Waals surface area contributed by atoms with Crippen LogP contribution in [0.25, 0.3) is 0 Å². The van der Waals surface area contributed by atoms with Gasteiger partial charge in [0.25, 0.3) is 0 Å². The average Bonchev–Trinajstić information content (AvgIpc) is 3.02. The van der Waals surface area contributed by atoms with Gasteiger partial charge in [0.2, 0.25) is 0 Å². The number of aromatic hydroxyl groups is 1. The molecule has 1 saturated heterocycles. The van der Waals surface area contributed by atoms with Gasteiger partial charge < -0.3 is 10.4 Å². The lowest BCUT2D eigenvalue weighted by Crippen LogP contribution is -2.46. The van der Waals surface area contributed by atoms with E-state index >= 15 is 0 Å². The number of phenolic OH excluding ortho intramolecular Hbond substituents is 1. The van der Waals surface area contributed by atoms with Crippen molar-refractivity contribution in [2.45, 2.75) is 31.7 Å². The number of hydrogen-bond donors (Lipinski definition) is 2. The van der Waals surface area contributed by atoms with Crippen LogP contribution >= 0.6 is 52.3 Å². The van der Waals surface area contributed by atoms with Gasteiger partial charge in [-0.2, -0.15) is 0 Å². The summed E-state index contributed by atoms with van der Waals surface area (Å²) in [6.07, 6.45) is 5.08. The number of hydrogen-bond acceptors (Lipinski definition) is 3. The molecule has 1 saturated carbocycles. The van der Waals surface area contributed by atoms with Crippen molar-refractivity contribution in [1.82, 2.24) is 10.2 Å². The number of rotatable bonds is 3. The van der Waals surface area contributed by atoms with Gasteiger partial charge in [-0.1, -0.05) is 40.4 Å². The van der Waals surface area contributed by atoms with Crippen molar-refractivity contribution in [3.63, 3.8) is 0 Å². The molecule has 0 unspecified atom stereocenters. The Morgan fingerprint density at radius 2 is 1.78 bits per heavy atom. The lowest BCUT2D eigenvalue weighted by Gasteiger charge is -2.39. The molecule has 1 heterocycles. The van der Waals surface area contributed by atoms with Crippen LogP contribution in [-0.4, -0.2) is 36.2 Å². The van der Waals surface area contributed by atoms with Gasteiger partial charge in [-0.05, 0) is 30.9 Å². The second-order valence-corrected chi connectivity index (χ2v) is 7.33. The summed E-state index contributed by atoms with van der Waals surface area (Å²) in [5.74, 6) is 0.866. The summed E-state index contributed by atoms with van der Waals surface area (Å²) in [4.78, 5) is 2.52. The van der Waals surface area contributed by atoms with Crippen LogP contribution in [0.2, 0.25) is 5.02 Å². The Labute approximate surface area is 164 Å². The summed E-state index contributed by atoms with van der Waals surface area (Å²) in [6, 6.07) is 3.98. The monoisotopic (exact) mass is 444 g/mol. The Hall–Kier alpha value is 0.290. The molecule has 1 aromatic rings. The third kappa shape index (κ3) is 4.68. The Morgan fingerprint density at radius 1 is 1.17 bits per heavy atom. The summed E-state index contributed by atoms with van der Waals surface area (Å²) in [7, 11) is 0. The van der Waals surface area contributed by atoms with Crippen LogP contribution in [0.3, 0.4) is 0 Å². The van der Waals surface area contributed by atoms with Crippen molar-refractivity contribution in [1.29, 1.82) is 0 Å². The molecule has 0 bridgehead atoms. The molecule has 0 aromatic heterocycles. The molecule has 1 atom stereocenters. The van der Waals surface area contributed by atoms with Gasteiger partial charge in [0.05, 0.1) is 5.02 Å². The second kappa shape index (κ2) is 9.69. The fraction of sp³-hybridized carbons (Fsp3) is 0.625. The van der Waals surface area contributed by atoms with E-state index in [2.05, 4.69) is 26.1 Å². The maximum Gasteiger partial charge on any atom is 0.140 e. The summed E-state index contributed by atoms with van der Waals surface area (Å²) in [5.41, 5.74) is 0.983. The molecular formula is C16H24BrCl3N2O. The summed E-state index contributed by atoms with van der Waals surface area (Å²) in [6.45, 7) is 4.09. The molecular weight excluding hydrogens is 422 g/mol. The van der Waals surface area contributed by atoms with E-state index in [4.69, 9.17) is 11.6 Å². The maximum absolute atomic E-state index is 10.5. The first-order valence-corrected chi connectivity index (χ1v) is 8.97. The molecule has 2 aliphatic rings. The molecule has 1 aliphatic carbocycles. The van der Waals surface area contributed by atoms with Crippen molar-refractivity contribution in [3.8, 4) is 5.75 Å². The van der Waals surface area contributed by atoms with Gasteiger partial charge >= 0.3 is 0 Å². The highest BCUT2D eigenvalue weighted by Gasteiger charge is 2.35. The number of piperazine rings is 1. The van der Waals surface area contributed by atoms with Crippen LogP contribution in [-0.2, 0) is 0 Å². The zero-order valence-electron chi connectivity index (χ0n) is 12.9. The molecule has 3 nitrogen and oxygen atoms in total. The quantitative estimate of drug-likeness (QED) is 0.701. The Kier molecular flexibility index (Phi) is 8.99. The van der Waals surface area contributed by atoms with Gasteiger partial charge in [0.15, 0.2) is 0 Å². The second-order valence-electron chi connectivity index (χ2n) is 6.07. The smallest absolute Gasteiger partial charge is 0.140 e. The third-order valence-corrected chi connectivity index (χ3v) is 5.80. The molecule has 0 spiro atoms. The van der Waals surface area contributed by atoms with E-state index in [-0.39, 0.29) is 36.6 Å². The van der Waals surface area contributed by atoms with Gasteiger partial charge in [-0.25, -0.2) is 0 Å². The number of phenols is 1. The van der Waals surface area contributed by atoms with Crippen LogP contribution in [0, 0.1) is 5.92 Å². The lowest BCUT2D eigenvalue weighted by molar-refractivity contribution is 0.123. The number of benzene rings is 1. The first kappa shape index (κ1) is 21.3. The van der Waals surface area contributed by atoms with E-state index in [1.807, 2.05) is 6.07 Å². The van der Waals surface area contributed by atoms with Crippen LogP contribution in [0.1, 0.15) is 37.3 Å². The number of halogens is 4. The van der Waals surface area contributed by atoms with E-state index < -0.39 is 0 Å². The van der Waals surface area contributed by atoms with Crippen molar-refractivity contribution in [2.24, 2.45) is 5.92 Å². The zero-order valence-corrected chi connectivity index (χ0v) is 16.9. The molecule has 1 aliphatic heterocycles. The Bertz CT molecular complexity index is 506. The van der Waals surface area contributed by atoms with E-state index in [0.717, 1.165) is 36.2 Å². The van der Waals surface area contributed by atoms with Gasteiger partial charge in [-0.3, -0.25) is 4.90 Å². The van der Waals surface area contributed by atoms with Gasteiger partial charge in [0.1, 0.15) is 5.75 Å². The van der Waals surface area contributed by atoms with E-state index in [0.29, 0.717) is 10.9 Å². The highest BCUT2D eigenvalue weighted by Crippen LogP contribution is 2.47. The largest absolute Gasteiger partial charge is 0.506 e. The molecule has 3 rings (SSSR count). The molecule has 2 fully saturated rings. The molecule has 1 aromatic carbocycles. The first-order valence-electron chi connectivity index (χ1n) is 7.80. The minimum Gasteiger partial charge on any atom is -0.506 e. The molecule has 0 radical (unpaired) electrons. The SMILES string of the molecule is Cl.Cl.Oc1c(Cl)ccc(Br)c1[C@@H](C1CCCC1)N1CCNCC1. The third-order valence-electron chi connectivity index (χ3n) is 4.80. The van der Waals surface area contributed by atoms with E-state index in [1.165, 1.54) is 25.7 Å². The summed E-state index contributed by atoms with van der Waals surface area (Å²) >= 11 is 9.81. The Balaban J connectivity index is 0.00000132. The maximum atomic E-state index is 10.5. The number of nitrogens with one attached hydrogen (secondary N) is 1. The van der Waals surface area contributed by atoms with Crippen molar-refractivity contribution in [2.75, 3.05) is 26.2 Å². The van der Waals surface area contributed by atoms with Crippen molar-refractivity contribution < 1.29 is 5.11 Å². The van der Waals surface area contributed by atoms with Crippen LogP contribution in [0.15, 0.2) is 16.6 Å². The molecule has 7 heteroatoms. The lowest BCUT2D eigenvalue weighted by atomic mass is 9.89. The van der Waals surface area contributed by atoms with Crippen LogP contribution in [0.5, 0.6) is 5.75 Å². The first-order chi connectivity index (χ1) is 10.2. The molecule has 0 amide bonds. The van der Waals surface area contributed by atoms with Crippen molar-refractivity contribution in [3.05, 3.63) is 27.2 Å². The fourth-order valence-electron chi connectivity index (χ4n) is 3.79. The highest BCUT2D eigenvalue weighted by atomic mass is 79.9.